The van der Waals surface area contributed by atoms with E-state index in [0.717, 1.165) is 45.3 Å². The van der Waals surface area contributed by atoms with Crippen LogP contribution in [0.15, 0.2) is 212 Å². The number of rotatable bonds is 5. The van der Waals surface area contributed by atoms with Gasteiger partial charge in [-0.25, -0.2) is 0 Å². The molecular weight excluding hydrogens is 727 g/mol. The quantitative estimate of drug-likeness (QED) is 0.173. The van der Waals surface area contributed by atoms with E-state index in [1.54, 1.807) is 0 Å². The molecule has 0 aromatic heterocycles. The lowest BCUT2D eigenvalue weighted by atomic mass is 9.66. The molecular formula is C58H41NO. The summed E-state index contributed by atoms with van der Waals surface area (Å²) in [6, 6.07) is 77.7. The normalized spacial score (nSPS) is 14.2. The molecule has 9 aromatic carbocycles. The molecule has 0 radical (unpaired) electrons. The van der Waals surface area contributed by atoms with Gasteiger partial charge in [0.05, 0.1) is 11.1 Å². The highest BCUT2D eigenvalue weighted by Gasteiger charge is 2.51. The summed E-state index contributed by atoms with van der Waals surface area (Å²) >= 11 is 0. The van der Waals surface area contributed by atoms with Gasteiger partial charge < -0.3 is 9.64 Å². The van der Waals surface area contributed by atoms with Crippen LogP contribution in [0.1, 0.15) is 47.2 Å². The van der Waals surface area contributed by atoms with Crippen molar-refractivity contribution in [1.29, 1.82) is 0 Å². The first-order valence-electron chi connectivity index (χ1n) is 20.9. The summed E-state index contributed by atoms with van der Waals surface area (Å²) in [5.41, 5.74) is 20.2. The van der Waals surface area contributed by atoms with E-state index in [1.807, 2.05) is 0 Å². The van der Waals surface area contributed by atoms with E-state index < -0.39 is 5.41 Å². The van der Waals surface area contributed by atoms with Gasteiger partial charge in [-0.2, -0.15) is 0 Å². The Bertz CT molecular complexity index is 3130. The Balaban J connectivity index is 1.03. The molecule has 1 aliphatic heterocycles. The van der Waals surface area contributed by atoms with Crippen molar-refractivity contribution < 1.29 is 4.74 Å². The fourth-order valence-electron chi connectivity index (χ4n) is 10.6. The van der Waals surface area contributed by atoms with Gasteiger partial charge in [-0.1, -0.05) is 172 Å². The highest BCUT2D eigenvalue weighted by Crippen LogP contribution is 2.62. The summed E-state index contributed by atoms with van der Waals surface area (Å²) < 4.78 is 6.81. The number of para-hydroxylation sites is 3. The van der Waals surface area contributed by atoms with E-state index in [0.29, 0.717) is 0 Å². The van der Waals surface area contributed by atoms with Gasteiger partial charge in [-0.3, -0.25) is 0 Å². The van der Waals surface area contributed by atoms with Crippen LogP contribution < -0.4 is 9.64 Å². The first kappa shape index (κ1) is 34.6. The number of fused-ring (bicyclic) bond motifs is 12. The predicted molar refractivity (Wildman–Crippen MR) is 247 cm³/mol. The molecule has 1 spiro atoms. The molecule has 0 saturated carbocycles. The molecule has 2 heteroatoms. The molecule has 0 N–H and O–H groups in total. The van der Waals surface area contributed by atoms with E-state index in [1.165, 1.54) is 61.2 Å². The summed E-state index contributed by atoms with van der Waals surface area (Å²) in [7, 11) is 0. The maximum atomic E-state index is 6.81. The van der Waals surface area contributed by atoms with Crippen molar-refractivity contribution in [3.63, 3.8) is 0 Å². The molecule has 2 aliphatic carbocycles. The Kier molecular flexibility index (Phi) is 7.52. The molecule has 0 atom stereocenters. The highest BCUT2D eigenvalue weighted by molar-refractivity contribution is 5.93. The first-order chi connectivity index (χ1) is 29.5. The van der Waals surface area contributed by atoms with Crippen molar-refractivity contribution >= 4 is 17.1 Å². The van der Waals surface area contributed by atoms with Crippen molar-refractivity contribution in [2.24, 2.45) is 0 Å². The van der Waals surface area contributed by atoms with Gasteiger partial charge >= 0.3 is 0 Å². The molecule has 0 unspecified atom stereocenters. The fraction of sp³-hybridized carbons (Fsp3) is 0.0690. The van der Waals surface area contributed by atoms with Crippen LogP contribution in [0.3, 0.4) is 0 Å². The number of ether oxygens (including phenoxy) is 1. The Morgan fingerprint density at radius 2 is 0.850 bits per heavy atom. The molecule has 284 valence electrons. The topological polar surface area (TPSA) is 12.5 Å². The Morgan fingerprint density at radius 3 is 1.60 bits per heavy atom. The zero-order valence-electron chi connectivity index (χ0n) is 33.6. The van der Waals surface area contributed by atoms with Crippen molar-refractivity contribution in [1.82, 2.24) is 0 Å². The molecule has 12 rings (SSSR count). The van der Waals surface area contributed by atoms with E-state index >= 15 is 0 Å². The molecule has 0 fully saturated rings. The summed E-state index contributed by atoms with van der Waals surface area (Å²) in [6.07, 6.45) is 0. The van der Waals surface area contributed by atoms with Crippen molar-refractivity contribution in [3.05, 3.63) is 246 Å². The van der Waals surface area contributed by atoms with Crippen LogP contribution in [0, 0.1) is 0 Å². The lowest BCUT2D eigenvalue weighted by Gasteiger charge is -2.39. The predicted octanol–water partition coefficient (Wildman–Crippen LogP) is 15.3. The smallest absolute Gasteiger partial charge is 0.132 e. The summed E-state index contributed by atoms with van der Waals surface area (Å²) in [5.74, 6) is 1.78. The SMILES string of the molecule is CC1(C)c2ccccc2-c2ccc(-c3cccc(N(c4ccccc4)c4ccccc4-c4ccc5c(c4)C4(c6ccccc6O5)c5ccccc5-c5ccccc54)c3)cc21. The average Bonchev–Trinajstić information content (AvgIpc) is 3.72. The van der Waals surface area contributed by atoms with Crippen LogP contribution in [0.4, 0.5) is 17.1 Å². The molecule has 60 heavy (non-hydrogen) atoms. The number of benzene rings is 9. The minimum absolute atomic E-state index is 0.0716. The average molecular weight is 768 g/mol. The third-order valence-electron chi connectivity index (χ3n) is 13.3. The lowest BCUT2D eigenvalue weighted by Crippen LogP contribution is -2.32. The van der Waals surface area contributed by atoms with Crippen LogP contribution in [0.5, 0.6) is 11.5 Å². The second kappa shape index (κ2) is 13.0. The maximum absolute atomic E-state index is 6.81. The second-order valence-corrected chi connectivity index (χ2v) is 16.8. The van der Waals surface area contributed by atoms with Crippen LogP contribution in [0.2, 0.25) is 0 Å². The Labute approximate surface area is 351 Å². The lowest BCUT2D eigenvalue weighted by molar-refractivity contribution is 0.436. The van der Waals surface area contributed by atoms with Crippen molar-refractivity contribution in [2.45, 2.75) is 24.7 Å². The standard InChI is InChI=1S/C58H41NO/c1-57(2)48-25-10-6-22-44(48)47-33-31-39(36-52(47)57)38-17-16-20-42(35-38)59(41-18-4-3-5-19-41)54-29-14-9-21-43(54)40-32-34-56-53(37-40)58(51-28-13-15-30-55(51)60-56)49-26-11-7-23-45(49)46-24-8-12-27-50(46)58/h3-37H,1-2H3. The number of hydrogen-bond acceptors (Lipinski definition) is 2. The van der Waals surface area contributed by atoms with Crippen LogP contribution in [-0.4, -0.2) is 0 Å². The molecule has 3 aliphatic rings. The molecule has 2 nitrogen and oxygen atoms in total. The summed E-state index contributed by atoms with van der Waals surface area (Å²) in [4.78, 5) is 2.41. The minimum Gasteiger partial charge on any atom is -0.457 e. The summed E-state index contributed by atoms with van der Waals surface area (Å²) in [5, 5.41) is 0. The minimum atomic E-state index is -0.540. The van der Waals surface area contributed by atoms with Gasteiger partial charge in [0.2, 0.25) is 0 Å². The first-order valence-corrected chi connectivity index (χ1v) is 20.9. The highest BCUT2D eigenvalue weighted by atomic mass is 16.5. The van der Waals surface area contributed by atoms with Gasteiger partial charge in [0.15, 0.2) is 0 Å². The largest absolute Gasteiger partial charge is 0.457 e. The molecule has 1 heterocycles. The molecule has 0 saturated heterocycles. The molecule has 9 aromatic rings. The molecule has 0 amide bonds. The van der Waals surface area contributed by atoms with Crippen LogP contribution in [0.25, 0.3) is 44.5 Å². The van der Waals surface area contributed by atoms with E-state index in [9.17, 15) is 0 Å². The third kappa shape index (κ3) is 4.88. The Morgan fingerprint density at radius 1 is 0.333 bits per heavy atom. The third-order valence-corrected chi connectivity index (χ3v) is 13.3. The van der Waals surface area contributed by atoms with Crippen molar-refractivity contribution in [2.75, 3.05) is 4.90 Å². The van der Waals surface area contributed by atoms with Crippen molar-refractivity contribution in [3.8, 4) is 56.0 Å². The maximum Gasteiger partial charge on any atom is 0.132 e. The summed E-state index contributed by atoms with van der Waals surface area (Å²) in [6.45, 7) is 4.70. The van der Waals surface area contributed by atoms with Gasteiger partial charge in [-0.15, -0.1) is 0 Å². The number of hydrogen-bond donors (Lipinski definition) is 0. The van der Waals surface area contributed by atoms with Gasteiger partial charge in [0, 0.05) is 33.5 Å². The van der Waals surface area contributed by atoms with Gasteiger partial charge in [0.1, 0.15) is 11.5 Å². The second-order valence-electron chi connectivity index (χ2n) is 16.8. The zero-order chi connectivity index (χ0) is 40.0. The number of anilines is 3. The van der Waals surface area contributed by atoms with Gasteiger partial charge in [0.25, 0.3) is 0 Å². The number of nitrogens with zero attached hydrogens (tertiary/aromatic N) is 1. The van der Waals surface area contributed by atoms with Crippen LogP contribution in [-0.2, 0) is 10.8 Å². The fourth-order valence-corrected chi connectivity index (χ4v) is 10.6. The van der Waals surface area contributed by atoms with E-state index in [4.69, 9.17) is 4.74 Å². The van der Waals surface area contributed by atoms with E-state index in [2.05, 4.69) is 231 Å². The monoisotopic (exact) mass is 767 g/mol. The Hall–Kier alpha value is -7.42. The molecule has 0 bridgehead atoms. The van der Waals surface area contributed by atoms with Gasteiger partial charge in [-0.05, 0) is 116 Å². The van der Waals surface area contributed by atoms with Crippen LogP contribution >= 0.6 is 0 Å². The zero-order valence-corrected chi connectivity index (χ0v) is 33.6. The van der Waals surface area contributed by atoms with E-state index in [-0.39, 0.29) is 5.41 Å².